The van der Waals surface area contributed by atoms with E-state index in [9.17, 15) is 4.79 Å². The Balaban J connectivity index is 1.59. The highest BCUT2D eigenvalue weighted by molar-refractivity contribution is 5.72. The van der Waals surface area contributed by atoms with Crippen molar-refractivity contribution in [1.82, 2.24) is 10.4 Å². The Morgan fingerprint density at radius 1 is 1.25 bits per heavy atom. The van der Waals surface area contributed by atoms with Crippen molar-refractivity contribution in [2.24, 2.45) is 5.92 Å². The van der Waals surface area contributed by atoms with Gasteiger partial charge in [0.2, 0.25) is 0 Å². The molecule has 0 spiro atoms. The van der Waals surface area contributed by atoms with Crippen LogP contribution in [0.25, 0.3) is 0 Å². The molecule has 2 N–H and O–H groups in total. The number of rotatable bonds is 5. The predicted octanol–water partition coefficient (Wildman–Crippen LogP) is 3.92. The van der Waals surface area contributed by atoms with Gasteiger partial charge in [-0.3, -0.25) is 5.21 Å². The van der Waals surface area contributed by atoms with Crippen LogP contribution in [-0.4, -0.2) is 29.9 Å². The van der Waals surface area contributed by atoms with Gasteiger partial charge in [0.25, 0.3) is 0 Å². The molecule has 3 rings (SSSR count). The van der Waals surface area contributed by atoms with Gasteiger partial charge in [0.1, 0.15) is 11.5 Å². The Labute approximate surface area is 141 Å². The monoisotopic (exact) mass is 326 g/mol. The second-order valence-corrected chi connectivity index (χ2v) is 6.30. The van der Waals surface area contributed by atoms with Crippen molar-refractivity contribution in [2.45, 2.75) is 19.3 Å². The van der Waals surface area contributed by atoms with Crippen LogP contribution in [0.2, 0.25) is 0 Å². The molecule has 0 aromatic heterocycles. The van der Waals surface area contributed by atoms with Gasteiger partial charge in [-0.1, -0.05) is 24.3 Å². The van der Waals surface area contributed by atoms with Gasteiger partial charge in [0, 0.05) is 13.6 Å². The minimum absolute atomic E-state index is 0.406. The highest BCUT2D eigenvalue weighted by Crippen LogP contribution is 2.47. The van der Waals surface area contributed by atoms with Gasteiger partial charge >= 0.3 is 6.03 Å². The summed E-state index contributed by atoms with van der Waals surface area (Å²) in [5.74, 6) is 2.49. The summed E-state index contributed by atoms with van der Waals surface area (Å²) in [7, 11) is 1.31. The molecule has 1 saturated carbocycles. The molecule has 5 nitrogen and oxygen atoms in total. The van der Waals surface area contributed by atoms with E-state index in [1.165, 1.54) is 12.6 Å². The molecule has 126 valence electrons. The molecule has 2 atom stereocenters. The molecule has 2 amide bonds. The fourth-order valence-corrected chi connectivity index (χ4v) is 2.84. The summed E-state index contributed by atoms with van der Waals surface area (Å²) in [6.45, 7) is 2.60. The van der Waals surface area contributed by atoms with Gasteiger partial charge in [-0.15, -0.1) is 0 Å². The quantitative estimate of drug-likeness (QED) is 0.646. The van der Waals surface area contributed by atoms with Crippen LogP contribution in [-0.2, 0) is 0 Å². The minimum atomic E-state index is -0.475. The zero-order valence-electron chi connectivity index (χ0n) is 13.9. The summed E-state index contributed by atoms with van der Waals surface area (Å²) in [4.78, 5) is 11.3. The lowest BCUT2D eigenvalue weighted by Gasteiger charge is -2.10. The molecule has 0 heterocycles. The number of carbonyl (C=O) groups is 1. The number of ether oxygens (including phenoxy) is 1. The SMILES string of the molecule is Cc1cccc(Oc2cccc([C@@H]3C[C@H]3CNC(=O)N(C)O)c2)c1. The van der Waals surface area contributed by atoms with Crippen molar-refractivity contribution in [3.8, 4) is 11.5 Å². The summed E-state index contributed by atoms with van der Waals surface area (Å²) in [5.41, 5.74) is 2.38. The third kappa shape index (κ3) is 4.06. The lowest BCUT2D eigenvalue weighted by atomic mass is 10.1. The Kier molecular flexibility index (Phi) is 4.71. The van der Waals surface area contributed by atoms with E-state index >= 15 is 0 Å². The van der Waals surface area contributed by atoms with E-state index in [1.54, 1.807) is 0 Å². The number of amides is 2. The Morgan fingerprint density at radius 3 is 2.67 bits per heavy atom. The lowest BCUT2D eigenvalue weighted by molar-refractivity contribution is -0.0183. The number of hydroxylamine groups is 2. The van der Waals surface area contributed by atoms with Gasteiger partial charge < -0.3 is 10.1 Å². The second-order valence-electron chi connectivity index (χ2n) is 6.30. The molecule has 1 aliphatic rings. The number of nitrogens with zero attached hydrogens (tertiary/aromatic N) is 1. The fourth-order valence-electron chi connectivity index (χ4n) is 2.84. The highest BCUT2D eigenvalue weighted by atomic mass is 16.5. The Morgan fingerprint density at radius 2 is 1.96 bits per heavy atom. The van der Waals surface area contributed by atoms with Crippen molar-refractivity contribution < 1.29 is 14.7 Å². The molecule has 2 aromatic carbocycles. The van der Waals surface area contributed by atoms with E-state index in [-0.39, 0.29) is 0 Å². The van der Waals surface area contributed by atoms with Gasteiger partial charge in [0.05, 0.1) is 0 Å². The van der Waals surface area contributed by atoms with E-state index in [4.69, 9.17) is 9.94 Å². The van der Waals surface area contributed by atoms with Gasteiger partial charge in [-0.2, -0.15) is 0 Å². The molecule has 2 aromatic rings. The third-order valence-electron chi connectivity index (χ3n) is 4.24. The average molecular weight is 326 g/mol. The normalized spacial score (nSPS) is 18.8. The first-order valence-electron chi connectivity index (χ1n) is 8.08. The molecule has 1 aliphatic carbocycles. The van der Waals surface area contributed by atoms with Gasteiger partial charge in [-0.25, -0.2) is 9.86 Å². The van der Waals surface area contributed by atoms with Crippen LogP contribution in [0.15, 0.2) is 48.5 Å². The van der Waals surface area contributed by atoms with Crippen LogP contribution in [0, 0.1) is 12.8 Å². The molecule has 5 heteroatoms. The second kappa shape index (κ2) is 6.93. The predicted molar refractivity (Wildman–Crippen MR) is 91.5 cm³/mol. The van der Waals surface area contributed by atoms with Crippen molar-refractivity contribution in [3.63, 3.8) is 0 Å². The number of nitrogens with one attached hydrogen (secondary N) is 1. The number of aryl methyl sites for hydroxylation is 1. The zero-order valence-corrected chi connectivity index (χ0v) is 13.9. The van der Waals surface area contributed by atoms with Crippen LogP contribution < -0.4 is 10.1 Å². The number of hydrogen-bond donors (Lipinski definition) is 2. The van der Waals surface area contributed by atoms with E-state index in [0.29, 0.717) is 23.4 Å². The Bertz CT molecular complexity index is 730. The number of hydrogen-bond acceptors (Lipinski definition) is 3. The average Bonchev–Trinajstić information content (AvgIpc) is 3.32. The maximum absolute atomic E-state index is 11.3. The lowest BCUT2D eigenvalue weighted by Crippen LogP contribution is -2.36. The number of benzene rings is 2. The smallest absolute Gasteiger partial charge is 0.340 e. The summed E-state index contributed by atoms with van der Waals surface area (Å²) in [6.07, 6.45) is 1.03. The molecule has 0 bridgehead atoms. The van der Waals surface area contributed by atoms with E-state index in [0.717, 1.165) is 23.5 Å². The standard InChI is InChI=1S/C19H22N2O3/c1-13-5-3-7-16(9-13)24-17-8-4-6-14(10-17)18-11-15(18)12-20-19(22)21(2)23/h3-10,15,18,23H,11-12H2,1-2H3,(H,20,22)/t15-,18-/m0/s1. The zero-order chi connectivity index (χ0) is 17.1. The summed E-state index contributed by atoms with van der Waals surface area (Å²) < 4.78 is 5.93. The maximum atomic E-state index is 11.3. The van der Waals surface area contributed by atoms with Crippen LogP contribution in [0.3, 0.4) is 0 Å². The molecule has 24 heavy (non-hydrogen) atoms. The van der Waals surface area contributed by atoms with Crippen molar-refractivity contribution in [1.29, 1.82) is 0 Å². The molecular formula is C19H22N2O3. The highest BCUT2D eigenvalue weighted by Gasteiger charge is 2.38. The number of carbonyl (C=O) groups excluding carboxylic acids is 1. The van der Waals surface area contributed by atoms with Crippen molar-refractivity contribution in [3.05, 3.63) is 59.7 Å². The van der Waals surface area contributed by atoms with Gasteiger partial charge in [-0.05, 0) is 60.6 Å². The molecular weight excluding hydrogens is 304 g/mol. The van der Waals surface area contributed by atoms with Crippen molar-refractivity contribution in [2.75, 3.05) is 13.6 Å². The topological polar surface area (TPSA) is 61.8 Å². The largest absolute Gasteiger partial charge is 0.457 e. The fraction of sp³-hybridized carbons (Fsp3) is 0.316. The molecule has 1 fully saturated rings. The first-order valence-corrected chi connectivity index (χ1v) is 8.08. The van der Waals surface area contributed by atoms with Crippen LogP contribution in [0.4, 0.5) is 4.79 Å². The van der Waals surface area contributed by atoms with Gasteiger partial charge in [0.15, 0.2) is 0 Å². The Hall–Kier alpha value is -2.53. The number of urea groups is 1. The first kappa shape index (κ1) is 16.3. The summed E-state index contributed by atoms with van der Waals surface area (Å²) >= 11 is 0. The van der Waals surface area contributed by atoms with E-state index in [2.05, 4.69) is 17.4 Å². The van der Waals surface area contributed by atoms with Crippen LogP contribution in [0.1, 0.15) is 23.5 Å². The molecule has 0 aliphatic heterocycles. The first-order chi connectivity index (χ1) is 11.5. The van der Waals surface area contributed by atoms with E-state index < -0.39 is 6.03 Å². The van der Waals surface area contributed by atoms with Crippen molar-refractivity contribution >= 4 is 6.03 Å². The summed E-state index contributed by atoms with van der Waals surface area (Å²) in [5, 5.41) is 12.3. The van der Waals surface area contributed by atoms with Crippen LogP contribution in [0.5, 0.6) is 11.5 Å². The van der Waals surface area contributed by atoms with E-state index in [1.807, 2.05) is 43.3 Å². The summed E-state index contributed by atoms with van der Waals surface area (Å²) in [6, 6.07) is 15.6. The third-order valence-corrected chi connectivity index (χ3v) is 4.24. The van der Waals surface area contributed by atoms with Crippen LogP contribution >= 0.6 is 0 Å². The minimum Gasteiger partial charge on any atom is -0.457 e. The molecule has 0 radical (unpaired) electrons. The molecule has 0 saturated heterocycles. The maximum Gasteiger partial charge on any atom is 0.340 e. The molecule has 0 unspecified atom stereocenters.